The van der Waals surface area contributed by atoms with Gasteiger partial charge in [0.05, 0.1) is 0 Å². The van der Waals surface area contributed by atoms with Gasteiger partial charge >= 0.3 is 396 Å². The Bertz CT molecular complexity index is 2830. The predicted octanol–water partition coefficient (Wildman–Crippen LogP) is 10.8. The predicted molar refractivity (Wildman–Crippen MR) is 238 cm³/mol. The summed E-state index contributed by atoms with van der Waals surface area (Å²) in [6.45, 7) is 19.7. The third-order valence-corrected chi connectivity index (χ3v) is 16.0. The molecule has 0 spiro atoms. The molecule has 3 heterocycles. The number of hydrogen-bond acceptors (Lipinski definition) is 7. The van der Waals surface area contributed by atoms with E-state index in [1.54, 1.807) is 12.1 Å². The zero-order chi connectivity index (χ0) is 44.9. The van der Waals surface area contributed by atoms with Gasteiger partial charge in [-0.3, -0.25) is 0 Å². The van der Waals surface area contributed by atoms with E-state index in [2.05, 4.69) is 131 Å². The van der Waals surface area contributed by atoms with Crippen LogP contribution in [0.5, 0.6) is 40.2 Å². The summed E-state index contributed by atoms with van der Waals surface area (Å²) in [5.74, 6) is 0.756. The van der Waals surface area contributed by atoms with Crippen molar-refractivity contribution in [3.05, 3.63) is 157 Å². The first-order chi connectivity index (χ1) is 29.9. The van der Waals surface area contributed by atoms with E-state index in [4.69, 9.17) is 14.2 Å². The molecule has 0 bridgehead atoms. The van der Waals surface area contributed by atoms with Crippen molar-refractivity contribution in [2.75, 3.05) is 0 Å². The first kappa shape index (κ1) is 43.5. The van der Waals surface area contributed by atoms with E-state index in [1.807, 2.05) is 19.8 Å². The molecule has 324 valence electrons. The van der Waals surface area contributed by atoms with Gasteiger partial charge in [0.15, 0.2) is 0 Å². The van der Waals surface area contributed by atoms with Crippen LogP contribution in [-0.4, -0.2) is 20.4 Å². The van der Waals surface area contributed by atoms with Crippen LogP contribution in [0, 0.1) is 59.3 Å². The van der Waals surface area contributed by atoms with E-state index in [9.17, 15) is 20.4 Å². The van der Waals surface area contributed by atoms with Crippen molar-refractivity contribution in [1.29, 1.82) is 0 Å². The molecule has 9 heteroatoms. The first-order valence-corrected chi connectivity index (χ1v) is 23.8. The number of fused-ring (bicyclic) bond motifs is 3. The Labute approximate surface area is 393 Å². The maximum absolute atomic E-state index is 11.8. The van der Waals surface area contributed by atoms with E-state index in [0.717, 1.165) is 44.1 Å². The van der Waals surface area contributed by atoms with Crippen molar-refractivity contribution in [2.24, 2.45) is 17.8 Å². The van der Waals surface area contributed by atoms with Gasteiger partial charge in [-0.25, -0.2) is 0 Å². The molecule has 6 aromatic carbocycles. The zero-order valence-corrected chi connectivity index (χ0v) is 41.2. The van der Waals surface area contributed by atoms with Crippen LogP contribution in [-0.2, 0) is 46.0 Å². The molecule has 3 aliphatic rings. The number of benzene rings is 6. The van der Waals surface area contributed by atoms with E-state index in [1.165, 1.54) is 66.7 Å². The van der Waals surface area contributed by atoms with E-state index < -0.39 is 12.0 Å². The van der Waals surface area contributed by atoms with Crippen LogP contribution in [0.25, 0.3) is 0 Å². The van der Waals surface area contributed by atoms with Crippen molar-refractivity contribution in [2.45, 2.75) is 98.9 Å². The topological polar surface area (TPSA) is 109 Å². The number of phenols is 4. The Hall–Kier alpha value is -4.70. The second-order valence-electron chi connectivity index (χ2n) is 18.5. The van der Waals surface area contributed by atoms with Gasteiger partial charge < -0.3 is 0 Å². The number of phenolic OH excluding ortho intramolecular Hbond substituents is 4. The fraction of sp³-hybridized carbons (Fsp3) is 0.333. The van der Waals surface area contributed by atoms with Crippen molar-refractivity contribution in [1.82, 2.24) is 0 Å². The fourth-order valence-corrected chi connectivity index (χ4v) is 12.6. The van der Waals surface area contributed by atoms with Crippen molar-refractivity contribution in [3.63, 3.8) is 0 Å². The van der Waals surface area contributed by atoms with Crippen LogP contribution in [0.15, 0.2) is 78.9 Å². The van der Waals surface area contributed by atoms with Crippen LogP contribution in [0.3, 0.4) is 0 Å². The Morgan fingerprint density at radius 1 is 0.460 bits per heavy atom. The second kappa shape index (κ2) is 16.4. The molecule has 4 N–H and O–H groups in total. The van der Waals surface area contributed by atoms with E-state index in [-0.39, 0.29) is 58.9 Å². The van der Waals surface area contributed by atoms with Gasteiger partial charge in [-0.15, -0.1) is 0 Å². The summed E-state index contributed by atoms with van der Waals surface area (Å²) < 4.78 is 23.9. The molecule has 0 fully saturated rings. The molecule has 0 amide bonds. The van der Waals surface area contributed by atoms with Crippen LogP contribution in [0.2, 0.25) is 0 Å². The van der Waals surface area contributed by atoms with Gasteiger partial charge in [-0.1, -0.05) is 0 Å². The van der Waals surface area contributed by atoms with Crippen LogP contribution in [0.4, 0.5) is 0 Å². The molecule has 9 rings (SSSR count). The molecular formula is C54H54Mo2O7. The van der Waals surface area contributed by atoms with Crippen LogP contribution >= 0.6 is 0 Å². The van der Waals surface area contributed by atoms with Gasteiger partial charge in [0.25, 0.3) is 0 Å². The average Bonchev–Trinajstić information content (AvgIpc) is 3.22. The molecule has 6 aromatic rings. The fourth-order valence-electron chi connectivity index (χ4n) is 10.7. The summed E-state index contributed by atoms with van der Waals surface area (Å²) in [5, 5.41) is 43.6. The molecule has 63 heavy (non-hydrogen) atoms. The monoisotopic (exact) mass is 1010 g/mol. The quantitative estimate of drug-likeness (QED) is 0.101. The summed E-state index contributed by atoms with van der Waals surface area (Å²) in [5.41, 5.74) is 15.3. The summed E-state index contributed by atoms with van der Waals surface area (Å²) >= 11 is 4.14. The normalized spacial score (nSPS) is 23.7. The number of hydrogen-bond donors (Lipinski definition) is 4. The number of rotatable bonds is 5. The molecule has 7 nitrogen and oxygen atoms in total. The Balaban J connectivity index is 1.31. The third kappa shape index (κ3) is 7.36. The standard InChI is InChI=1S/C54H54O7.2Mo/c1-26-10-14-35(20-30(26)5)50-32(7)22-41-28(3)12-17-39(53(41)60-50)47-33(8)52(36-15-11-27(2)31(6)21-36)61-54-40(18-13-29(4)46(47)54)48-34(9)51(37-16-19-42(56)43(57)23-37)59-45-25-38(55)24-44(58)49(45)48;;/h10-16,19-21,23-25,32-34,47-48,50-52,55-58H,22H2,1-9H3;;. The minimum absolute atomic E-state index is 0.0255. The molecule has 3 aliphatic heterocycles. The van der Waals surface area contributed by atoms with Gasteiger partial charge in [-0.05, 0) is 0 Å². The van der Waals surface area contributed by atoms with Gasteiger partial charge in [-0.2, -0.15) is 0 Å². The van der Waals surface area contributed by atoms with Gasteiger partial charge in [0.2, 0.25) is 0 Å². The van der Waals surface area contributed by atoms with Gasteiger partial charge in [0.1, 0.15) is 0 Å². The molecule has 0 saturated heterocycles. The molecule has 0 saturated carbocycles. The van der Waals surface area contributed by atoms with Crippen molar-refractivity contribution in [3.8, 4) is 40.2 Å². The van der Waals surface area contributed by atoms with Crippen molar-refractivity contribution >= 4 is 7.91 Å². The van der Waals surface area contributed by atoms with Crippen LogP contribution in [0.1, 0.15) is 129 Å². The summed E-state index contributed by atoms with van der Waals surface area (Å²) in [7, 11) is 0. The summed E-state index contributed by atoms with van der Waals surface area (Å²) in [4.78, 5) is 0. The minimum atomic E-state index is -0.619. The molecule has 0 radical (unpaired) electrons. The summed E-state index contributed by atoms with van der Waals surface area (Å²) in [6.07, 6.45) is -0.181. The number of aromatic hydroxyl groups is 4. The zero-order valence-electron chi connectivity index (χ0n) is 37.2. The van der Waals surface area contributed by atoms with E-state index >= 15 is 0 Å². The number of aryl methyl sites for hydroxylation is 6. The van der Waals surface area contributed by atoms with Crippen LogP contribution < -0.4 is 22.1 Å². The molecule has 8 unspecified atom stereocenters. The second-order valence-corrected chi connectivity index (χ2v) is 20.7. The first-order valence-electron chi connectivity index (χ1n) is 21.8. The number of ether oxygens (including phenoxy) is 3. The Morgan fingerprint density at radius 3 is 1.60 bits per heavy atom. The van der Waals surface area contributed by atoms with Gasteiger partial charge in [0, 0.05) is 0 Å². The van der Waals surface area contributed by atoms with E-state index in [0.29, 0.717) is 16.9 Å². The maximum atomic E-state index is 11.8. The average molecular weight is 1010 g/mol. The molecule has 0 aliphatic carbocycles. The molecule has 0 aromatic heterocycles. The summed E-state index contributed by atoms with van der Waals surface area (Å²) in [6, 6.07) is 25.7. The third-order valence-electron chi connectivity index (χ3n) is 14.3. The Morgan fingerprint density at radius 2 is 0.984 bits per heavy atom. The molecule has 8 atom stereocenters. The SMILES string of the molecule is Cc1ccc(C2Oc3c(c(C)c[c]([Mo])c3C3c4c(C)c[c]([Mo])c(C5c6c(O)cc(O)cc6OC(c6ccc(O)c(O)c6)C5C)c4OC(c4ccc(C)c(C)c4)C3C)CC2C)cc1C. The van der Waals surface area contributed by atoms with Crippen molar-refractivity contribution < 1.29 is 74.3 Å². The Kier molecular flexibility index (Phi) is 11.3. The molecular weight excluding hydrogens is 952 g/mol.